The Morgan fingerprint density at radius 1 is 1.26 bits per heavy atom. The lowest BCUT2D eigenvalue weighted by Gasteiger charge is -2.38. The average Bonchev–Trinajstić information content (AvgIpc) is 2.94. The van der Waals surface area contributed by atoms with Crippen molar-refractivity contribution in [1.29, 1.82) is 5.26 Å². The van der Waals surface area contributed by atoms with E-state index in [9.17, 15) is 14.3 Å². The first-order valence-electron chi connectivity index (χ1n) is 7.77. The molecule has 3 rings (SSSR count). The summed E-state index contributed by atoms with van der Waals surface area (Å²) < 4.78 is 14.7. The third kappa shape index (κ3) is 2.89. The number of carbonyl (C=O) groups excluding carboxylic acids is 1. The number of hydrogen-bond donors (Lipinski definition) is 0. The fraction of sp³-hybridized carbons (Fsp3) is 0.444. The normalized spacial score (nSPS) is 28.4. The molecule has 2 atom stereocenters. The molecular weight excluding hydrogens is 308 g/mol. The fourth-order valence-electron chi connectivity index (χ4n) is 3.78. The minimum absolute atomic E-state index is 0.0757. The Balaban J connectivity index is 1.87. The van der Waals surface area contributed by atoms with E-state index in [1.54, 1.807) is 0 Å². The largest absolute Gasteiger partial charge is 0.293 e. The number of carbonyl (C=O) groups is 1. The number of benzene rings is 1. The van der Waals surface area contributed by atoms with Crippen LogP contribution in [0.4, 0.5) is 0 Å². The lowest BCUT2D eigenvalue weighted by molar-refractivity contribution is -0.125. The molecule has 1 aliphatic heterocycles. The summed E-state index contributed by atoms with van der Waals surface area (Å²) in [5.41, 5.74) is -0.509. The van der Waals surface area contributed by atoms with E-state index >= 15 is 0 Å². The van der Waals surface area contributed by atoms with E-state index in [0.717, 1.165) is 11.3 Å². The van der Waals surface area contributed by atoms with Crippen LogP contribution in [0.15, 0.2) is 46.9 Å². The smallest absolute Gasteiger partial charge is 0.178 e. The van der Waals surface area contributed by atoms with Gasteiger partial charge in [0.15, 0.2) is 5.78 Å². The fourth-order valence-corrected chi connectivity index (χ4v) is 5.10. The standard InChI is InChI=1S/C18H20N2O2S/c1-17(2)12-18(10-14(11-19)16(17)21)8-9-20(13-18)23(22)15-6-4-3-5-7-15/h3-7,10H,8-9,12-13H2,1-2H3. The molecule has 1 aromatic rings. The molecule has 120 valence electrons. The van der Waals surface area contributed by atoms with Crippen LogP contribution in [0.3, 0.4) is 0 Å². The number of nitrogens with zero attached hydrogens (tertiary/aromatic N) is 2. The highest BCUT2D eigenvalue weighted by atomic mass is 32.2. The molecule has 2 aliphatic rings. The van der Waals surface area contributed by atoms with Crippen molar-refractivity contribution in [2.45, 2.75) is 31.6 Å². The average molecular weight is 328 g/mol. The van der Waals surface area contributed by atoms with Gasteiger partial charge in [-0.15, -0.1) is 0 Å². The van der Waals surface area contributed by atoms with Crippen molar-refractivity contribution >= 4 is 16.8 Å². The third-order valence-corrected chi connectivity index (χ3v) is 6.21. The highest BCUT2D eigenvalue weighted by Crippen LogP contribution is 2.48. The second-order valence-electron chi connectivity index (χ2n) is 7.10. The zero-order valence-corrected chi connectivity index (χ0v) is 14.2. The molecule has 0 amide bonds. The molecule has 23 heavy (non-hydrogen) atoms. The van der Waals surface area contributed by atoms with Gasteiger partial charge in [0.2, 0.25) is 0 Å². The van der Waals surface area contributed by atoms with Crippen LogP contribution in [0.1, 0.15) is 26.7 Å². The Bertz CT molecular complexity index is 733. The molecule has 0 radical (unpaired) electrons. The number of ketones is 1. The quantitative estimate of drug-likeness (QED) is 0.838. The predicted octanol–water partition coefficient (Wildman–Crippen LogP) is 2.85. The molecule has 4 nitrogen and oxygen atoms in total. The van der Waals surface area contributed by atoms with Gasteiger partial charge >= 0.3 is 0 Å². The minimum atomic E-state index is -1.20. The number of Topliss-reactive ketones (excluding diaryl/α,β-unsaturated/α-hetero) is 1. The van der Waals surface area contributed by atoms with Gasteiger partial charge in [-0.05, 0) is 25.0 Å². The molecule has 0 bridgehead atoms. The molecule has 1 spiro atoms. The van der Waals surface area contributed by atoms with Gasteiger partial charge < -0.3 is 0 Å². The van der Waals surface area contributed by atoms with E-state index in [-0.39, 0.29) is 16.8 Å². The number of allylic oxidation sites excluding steroid dienone is 1. The second kappa shape index (κ2) is 5.70. The summed E-state index contributed by atoms with van der Waals surface area (Å²) in [5, 5.41) is 9.28. The summed E-state index contributed by atoms with van der Waals surface area (Å²) >= 11 is 0. The highest BCUT2D eigenvalue weighted by Gasteiger charge is 2.48. The van der Waals surface area contributed by atoms with Crippen LogP contribution < -0.4 is 0 Å². The third-order valence-electron chi connectivity index (χ3n) is 4.75. The van der Waals surface area contributed by atoms with Crippen LogP contribution in [-0.2, 0) is 15.8 Å². The molecule has 0 N–H and O–H groups in total. The summed E-state index contributed by atoms with van der Waals surface area (Å²) in [6.07, 6.45) is 3.36. The highest BCUT2D eigenvalue weighted by molar-refractivity contribution is 7.82. The molecule has 1 aliphatic carbocycles. The number of hydrogen-bond acceptors (Lipinski definition) is 3. The first-order valence-corrected chi connectivity index (χ1v) is 8.87. The van der Waals surface area contributed by atoms with Crippen molar-refractivity contribution in [3.05, 3.63) is 42.0 Å². The Morgan fingerprint density at radius 2 is 1.96 bits per heavy atom. The van der Waals surface area contributed by atoms with Gasteiger partial charge in [-0.2, -0.15) is 5.26 Å². The van der Waals surface area contributed by atoms with E-state index < -0.39 is 16.4 Å². The van der Waals surface area contributed by atoms with Gasteiger partial charge in [-0.1, -0.05) is 38.1 Å². The van der Waals surface area contributed by atoms with Crippen molar-refractivity contribution in [3.8, 4) is 6.07 Å². The minimum Gasteiger partial charge on any atom is -0.293 e. The lowest BCUT2D eigenvalue weighted by Crippen LogP contribution is -2.40. The Morgan fingerprint density at radius 3 is 2.61 bits per heavy atom. The molecule has 1 saturated heterocycles. The SMILES string of the molecule is CC1(C)CC2(C=C(C#N)C1=O)CCN(S(=O)c1ccccc1)C2. The molecule has 5 heteroatoms. The van der Waals surface area contributed by atoms with E-state index in [2.05, 4.69) is 6.07 Å². The topological polar surface area (TPSA) is 61.2 Å². The zero-order valence-electron chi connectivity index (χ0n) is 13.4. The van der Waals surface area contributed by atoms with Gasteiger partial charge in [0, 0.05) is 23.9 Å². The van der Waals surface area contributed by atoms with Gasteiger partial charge in [-0.3, -0.25) is 4.79 Å². The van der Waals surface area contributed by atoms with Crippen molar-refractivity contribution in [2.75, 3.05) is 13.1 Å². The molecule has 1 aromatic carbocycles. The number of rotatable bonds is 2. The summed E-state index contributed by atoms with van der Waals surface area (Å²) in [6.45, 7) is 5.13. The van der Waals surface area contributed by atoms with Gasteiger partial charge in [-0.25, -0.2) is 8.51 Å². The van der Waals surface area contributed by atoms with Crippen LogP contribution in [0.2, 0.25) is 0 Å². The maximum atomic E-state index is 12.7. The molecule has 0 aromatic heterocycles. The van der Waals surface area contributed by atoms with Gasteiger partial charge in [0.1, 0.15) is 17.1 Å². The van der Waals surface area contributed by atoms with Crippen molar-refractivity contribution in [1.82, 2.24) is 4.31 Å². The van der Waals surface area contributed by atoms with Crippen LogP contribution in [0.25, 0.3) is 0 Å². The molecule has 0 saturated carbocycles. The first-order chi connectivity index (χ1) is 10.9. The summed E-state index contributed by atoms with van der Waals surface area (Å²) in [7, 11) is -1.20. The maximum absolute atomic E-state index is 12.7. The summed E-state index contributed by atoms with van der Waals surface area (Å²) in [4.78, 5) is 13.1. The predicted molar refractivity (Wildman–Crippen MR) is 88.6 cm³/mol. The zero-order chi connectivity index (χ0) is 16.7. The van der Waals surface area contributed by atoms with Crippen molar-refractivity contribution < 1.29 is 9.00 Å². The summed E-state index contributed by atoms with van der Waals surface area (Å²) in [6, 6.07) is 11.5. The van der Waals surface area contributed by atoms with Crippen LogP contribution in [0, 0.1) is 22.2 Å². The number of nitriles is 1. The molecular formula is C18H20N2O2S. The first kappa shape index (κ1) is 16.1. The van der Waals surface area contributed by atoms with E-state index in [4.69, 9.17) is 0 Å². The van der Waals surface area contributed by atoms with Crippen LogP contribution >= 0.6 is 0 Å². The van der Waals surface area contributed by atoms with E-state index in [1.807, 2.05) is 54.6 Å². The van der Waals surface area contributed by atoms with Crippen molar-refractivity contribution in [3.63, 3.8) is 0 Å². The monoisotopic (exact) mass is 328 g/mol. The van der Waals surface area contributed by atoms with E-state index in [0.29, 0.717) is 19.5 Å². The van der Waals surface area contributed by atoms with Crippen LogP contribution in [-0.4, -0.2) is 27.4 Å². The Kier molecular flexibility index (Phi) is 3.99. The summed E-state index contributed by atoms with van der Waals surface area (Å²) in [5.74, 6) is -0.0757. The van der Waals surface area contributed by atoms with Gasteiger partial charge in [0.05, 0.1) is 10.5 Å². The Hall–Kier alpha value is -1.77. The van der Waals surface area contributed by atoms with Gasteiger partial charge in [0.25, 0.3) is 0 Å². The second-order valence-corrected chi connectivity index (χ2v) is 8.58. The Labute approximate surface area is 139 Å². The van der Waals surface area contributed by atoms with E-state index in [1.165, 1.54) is 0 Å². The lowest BCUT2D eigenvalue weighted by atomic mass is 9.64. The molecule has 1 fully saturated rings. The van der Waals surface area contributed by atoms with Crippen molar-refractivity contribution in [2.24, 2.45) is 10.8 Å². The molecule has 2 unspecified atom stereocenters. The maximum Gasteiger partial charge on any atom is 0.178 e. The van der Waals surface area contributed by atoms with Crippen LogP contribution in [0.5, 0.6) is 0 Å². The molecule has 1 heterocycles.